The molecule has 2 fully saturated rings. The maximum absolute atomic E-state index is 12.0. The lowest BCUT2D eigenvalue weighted by atomic mass is 9.87. The van der Waals surface area contributed by atoms with Crippen molar-refractivity contribution < 1.29 is 33.5 Å². The van der Waals surface area contributed by atoms with Gasteiger partial charge in [0.05, 0.1) is 19.3 Å². The molecule has 0 bridgehead atoms. The zero-order chi connectivity index (χ0) is 46.0. The second kappa shape index (κ2) is 19.1. The van der Waals surface area contributed by atoms with Crippen LogP contribution in [0.4, 0.5) is 0 Å². The number of benzene rings is 8. The minimum absolute atomic E-state index is 0.0482. The van der Waals surface area contributed by atoms with E-state index in [-0.39, 0.29) is 18.8 Å². The van der Waals surface area contributed by atoms with Gasteiger partial charge in [0.1, 0.15) is 54.0 Å². The lowest BCUT2D eigenvalue weighted by Crippen LogP contribution is -2.40. The molecule has 5 unspecified atom stereocenters. The van der Waals surface area contributed by atoms with Crippen LogP contribution in [0.2, 0.25) is 0 Å². The second-order valence-corrected chi connectivity index (χ2v) is 18.3. The van der Waals surface area contributed by atoms with E-state index in [1.807, 2.05) is 13.0 Å². The molecular formula is C60H60O7. The fraction of sp³-hybridized carbons (Fsp3) is 0.300. The quantitative estimate of drug-likeness (QED) is 0.0603. The first-order chi connectivity index (χ1) is 32.8. The molecule has 2 aliphatic rings. The maximum atomic E-state index is 12.0. The predicted molar refractivity (Wildman–Crippen MR) is 272 cm³/mol. The van der Waals surface area contributed by atoms with Crippen molar-refractivity contribution in [2.75, 3.05) is 26.4 Å². The first-order valence-corrected chi connectivity index (χ1v) is 24.1. The van der Waals surface area contributed by atoms with Gasteiger partial charge in [0.2, 0.25) is 0 Å². The molecule has 67 heavy (non-hydrogen) atoms. The lowest BCUT2D eigenvalue weighted by Gasteiger charge is -2.36. The zero-order valence-corrected chi connectivity index (χ0v) is 39.0. The largest absolute Gasteiger partial charge is 0.491 e. The van der Waals surface area contributed by atoms with E-state index in [0.29, 0.717) is 38.4 Å². The highest BCUT2D eigenvalue weighted by molar-refractivity contribution is 6.10. The van der Waals surface area contributed by atoms with Crippen LogP contribution in [-0.2, 0) is 9.47 Å². The van der Waals surface area contributed by atoms with Crippen molar-refractivity contribution in [1.82, 2.24) is 0 Å². The second-order valence-electron chi connectivity index (χ2n) is 18.3. The van der Waals surface area contributed by atoms with Gasteiger partial charge in [-0.25, -0.2) is 0 Å². The first kappa shape index (κ1) is 44.5. The van der Waals surface area contributed by atoms with E-state index in [9.17, 15) is 5.11 Å². The molecule has 8 aromatic rings. The molecule has 0 amide bonds. The van der Waals surface area contributed by atoms with Crippen LogP contribution in [0.25, 0.3) is 65.3 Å². The van der Waals surface area contributed by atoms with Crippen LogP contribution in [0.15, 0.2) is 158 Å². The fourth-order valence-corrected chi connectivity index (χ4v) is 10.1. The summed E-state index contributed by atoms with van der Waals surface area (Å²) in [5, 5.41) is 20.8. The van der Waals surface area contributed by atoms with E-state index in [2.05, 4.69) is 172 Å². The van der Waals surface area contributed by atoms with Crippen LogP contribution in [0.3, 0.4) is 0 Å². The summed E-state index contributed by atoms with van der Waals surface area (Å²) in [6.45, 7) is 10.5. The van der Waals surface area contributed by atoms with Gasteiger partial charge in [-0.15, -0.1) is 0 Å². The molecule has 2 saturated heterocycles. The Labute approximate surface area is 393 Å². The number of epoxide rings is 2. The van der Waals surface area contributed by atoms with Gasteiger partial charge in [-0.2, -0.15) is 0 Å². The summed E-state index contributed by atoms with van der Waals surface area (Å²) in [4.78, 5) is 0. The van der Waals surface area contributed by atoms with Crippen molar-refractivity contribution in [3.05, 3.63) is 158 Å². The molecule has 1 N–H and O–H groups in total. The third-order valence-corrected chi connectivity index (χ3v) is 13.8. The van der Waals surface area contributed by atoms with Crippen molar-refractivity contribution in [1.29, 1.82) is 0 Å². The Bertz CT molecular complexity index is 3080. The van der Waals surface area contributed by atoms with Crippen molar-refractivity contribution in [3.8, 4) is 45.3 Å². The molecule has 0 aromatic heterocycles. The third kappa shape index (κ3) is 9.21. The number of hydrogen-bond donors (Lipinski definition) is 1. The van der Waals surface area contributed by atoms with Crippen LogP contribution in [-0.4, -0.2) is 61.0 Å². The lowest BCUT2D eigenvalue weighted by molar-refractivity contribution is -0.0128. The van der Waals surface area contributed by atoms with Gasteiger partial charge in [-0.1, -0.05) is 142 Å². The van der Waals surface area contributed by atoms with Gasteiger partial charge in [-0.05, 0) is 123 Å². The molecule has 0 aliphatic carbocycles. The number of aliphatic hydroxyl groups excluding tert-OH is 1. The Kier molecular flexibility index (Phi) is 12.7. The van der Waals surface area contributed by atoms with E-state index in [1.165, 1.54) is 0 Å². The molecule has 2 heterocycles. The molecule has 5 atom stereocenters. The summed E-state index contributed by atoms with van der Waals surface area (Å²) < 4.78 is 38.5. The molecule has 0 spiro atoms. The number of ether oxygens (including phenoxy) is 6. The smallest absolute Gasteiger partial charge is 0.155 e. The summed E-state index contributed by atoms with van der Waals surface area (Å²) in [5.74, 6) is 3.07. The number of fused-ring (bicyclic) bond motifs is 4. The predicted octanol–water partition coefficient (Wildman–Crippen LogP) is 14.1. The highest BCUT2D eigenvalue weighted by Crippen LogP contribution is 2.48. The molecule has 10 rings (SSSR count). The number of rotatable bonds is 20. The SMILES string of the molecule is C/C=C\C(CC)(Oc1ccc2cccc(-c3cccc4ccc(OCC(O)CC(CC)(CCC)Oc5ccc6ccccc6c5-c5c(OCC6CO6)ccc6ccccc56)cc34)c2c1)C1CO1. The molecular weight excluding hydrogens is 833 g/mol. The van der Waals surface area contributed by atoms with Crippen LogP contribution in [0.5, 0.6) is 23.0 Å². The van der Waals surface area contributed by atoms with Crippen LogP contribution in [0.1, 0.15) is 59.8 Å². The minimum atomic E-state index is -0.799. The van der Waals surface area contributed by atoms with E-state index < -0.39 is 17.3 Å². The Hall–Kier alpha value is -6.38. The van der Waals surface area contributed by atoms with Crippen molar-refractivity contribution in [2.24, 2.45) is 0 Å². The molecule has 0 saturated carbocycles. The van der Waals surface area contributed by atoms with Crippen LogP contribution < -0.4 is 18.9 Å². The molecule has 2 aliphatic heterocycles. The average Bonchev–Trinajstić information content (AvgIpc) is 4.31. The Balaban J connectivity index is 0.937. The van der Waals surface area contributed by atoms with Crippen LogP contribution in [0, 0.1) is 0 Å². The minimum Gasteiger partial charge on any atom is -0.491 e. The fourth-order valence-electron chi connectivity index (χ4n) is 10.1. The summed E-state index contributed by atoms with van der Waals surface area (Å²) >= 11 is 0. The highest BCUT2D eigenvalue weighted by Gasteiger charge is 2.46. The van der Waals surface area contributed by atoms with Crippen molar-refractivity contribution in [2.45, 2.75) is 89.3 Å². The Morgan fingerprint density at radius 3 is 1.78 bits per heavy atom. The maximum Gasteiger partial charge on any atom is 0.155 e. The molecule has 0 radical (unpaired) electrons. The number of allylic oxidation sites excluding steroid dienone is 1. The van der Waals surface area contributed by atoms with Gasteiger partial charge in [0, 0.05) is 17.5 Å². The van der Waals surface area contributed by atoms with Gasteiger partial charge in [0.25, 0.3) is 0 Å². The van der Waals surface area contributed by atoms with E-state index in [4.69, 9.17) is 28.4 Å². The number of aliphatic hydroxyl groups is 1. The van der Waals surface area contributed by atoms with Crippen molar-refractivity contribution in [3.63, 3.8) is 0 Å². The van der Waals surface area contributed by atoms with E-state index in [1.54, 1.807) is 0 Å². The van der Waals surface area contributed by atoms with E-state index in [0.717, 1.165) is 102 Å². The van der Waals surface area contributed by atoms with Gasteiger partial charge < -0.3 is 33.5 Å². The van der Waals surface area contributed by atoms with Crippen LogP contribution >= 0.6 is 0 Å². The molecule has 7 nitrogen and oxygen atoms in total. The van der Waals surface area contributed by atoms with E-state index >= 15 is 0 Å². The number of hydrogen-bond acceptors (Lipinski definition) is 7. The molecule has 342 valence electrons. The van der Waals surface area contributed by atoms with Gasteiger partial charge >= 0.3 is 0 Å². The van der Waals surface area contributed by atoms with Gasteiger partial charge in [-0.3, -0.25) is 0 Å². The zero-order valence-electron chi connectivity index (χ0n) is 39.0. The Morgan fingerprint density at radius 2 is 1.18 bits per heavy atom. The Morgan fingerprint density at radius 1 is 0.612 bits per heavy atom. The summed E-state index contributed by atoms with van der Waals surface area (Å²) in [6, 6.07) is 50.7. The van der Waals surface area contributed by atoms with Crippen molar-refractivity contribution >= 4 is 43.1 Å². The molecule has 7 heteroatoms. The molecule has 8 aromatic carbocycles. The normalized spacial score (nSPS) is 17.9. The first-order valence-electron chi connectivity index (χ1n) is 24.1. The summed E-state index contributed by atoms with van der Waals surface area (Å²) in [6.07, 6.45) is 7.07. The third-order valence-electron chi connectivity index (χ3n) is 13.8. The monoisotopic (exact) mass is 892 g/mol. The summed E-state index contributed by atoms with van der Waals surface area (Å²) in [7, 11) is 0. The highest BCUT2D eigenvalue weighted by atomic mass is 16.6. The topological polar surface area (TPSA) is 82.2 Å². The van der Waals surface area contributed by atoms with Gasteiger partial charge in [0.15, 0.2) is 5.60 Å². The summed E-state index contributed by atoms with van der Waals surface area (Å²) in [5.41, 5.74) is 3.01. The average molecular weight is 893 g/mol. The standard InChI is InChI=1S/C60H60O7/c1-5-31-59(7-3,67-55-30-26-41-16-10-12-20-49(41)58(55)57-48-19-11-9-15-40(48)25-29-54(57)64-38-47-37-63-47)35-44(61)36-62-45-27-23-42-17-13-21-50(52(42)33-45)51-22-14-18-43-24-28-46(34-53(43)51)66-60(8-4,32-6-2)56-39-65-56/h6,9-30,32-34,44,47,56,61H,5,7-8,31,35-39H2,1-4H3/b32-6-.